The van der Waals surface area contributed by atoms with E-state index < -0.39 is 0 Å². The van der Waals surface area contributed by atoms with Crippen molar-refractivity contribution in [2.45, 2.75) is 13.5 Å². The summed E-state index contributed by atoms with van der Waals surface area (Å²) in [4.78, 5) is 16.8. The molecule has 27 heavy (non-hydrogen) atoms. The largest absolute Gasteiger partial charge is 0.439 e. The maximum atomic E-state index is 12.5. The number of hydrogen-bond donors (Lipinski definition) is 3. The van der Waals surface area contributed by atoms with Gasteiger partial charge in [-0.25, -0.2) is 4.98 Å². The first kappa shape index (κ1) is 20.2. The number of amides is 1. The van der Waals surface area contributed by atoms with Crippen LogP contribution in [0.4, 0.5) is 11.4 Å². The molecule has 0 bridgehead atoms. The number of rotatable bonds is 5. The maximum absolute atomic E-state index is 12.5. The fourth-order valence-electron chi connectivity index (χ4n) is 2.50. The smallest absolute Gasteiger partial charge is 0.255 e. The van der Waals surface area contributed by atoms with Crippen molar-refractivity contribution in [3.63, 3.8) is 0 Å². The van der Waals surface area contributed by atoms with Crippen LogP contribution >= 0.6 is 12.4 Å². The molecule has 3 rings (SSSR count). The molecule has 1 heterocycles. The zero-order valence-electron chi connectivity index (χ0n) is 14.8. The third-order valence-corrected chi connectivity index (χ3v) is 3.75. The van der Waals surface area contributed by atoms with Crippen LogP contribution in [-0.4, -0.2) is 10.9 Å². The SMILES string of the molecule is Cc1cc(CN)cc(Oc2cccc(C(=O)Nc3ccccc3N)c2)n1.Cl. The van der Waals surface area contributed by atoms with Gasteiger partial charge in [-0.15, -0.1) is 12.4 Å². The van der Waals surface area contributed by atoms with E-state index in [9.17, 15) is 4.79 Å². The highest BCUT2D eigenvalue weighted by Crippen LogP contribution is 2.23. The molecule has 0 saturated heterocycles. The van der Waals surface area contributed by atoms with Gasteiger partial charge in [0, 0.05) is 23.9 Å². The summed E-state index contributed by atoms with van der Waals surface area (Å²) in [6, 6.07) is 17.7. The van der Waals surface area contributed by atoms with Crippen molar-refractivity contribution in [2.24, 2.45) is 5.73 Å². The Morgan fingerprint density at radius 3 is 2.63 bits per heavy atom. The normalized spacial score (nSPS) is 10.0. The summed E-state index contributed by atoms with van der Waals surface area (Å²) in [6.45, 7) is 2.28. The van der Waals surface area contributed by atoms with Crippen LogP contribution in [0.3, 0.4) is 0 Å². The third-order valence-electron chi connectivity index (χ3n) is 3.75. The van der Waals surface area contributed by atoms with E-state index >= 15 is 0 Å². The minimum Gasteiger partial charge on any atom is -0.439 e. The average molecular weight is 385 g/mol. The Labute approximate surface area is 164 Å². The number of nitrogen functional groups attached to an aromatic ring is 1. The lowest BCUT2D eigenvalue weighted by Crippen LogP contribution is -2.13. The lowest BCUT2D eigenvalue weighted by molar-refractivity contribution is 0.102. The Kier molecular flexibility index (Phi) is 6.76. The predicted octanol–water partition coefficient (Wildman–Crippen LogP) is 3.90. The molecule has 0 aliphatic heterocycles. The highest BCUT2D eigenvalue weighted by atomic mass is 35.5. The lowest BCUT2D eigenvalue weighted by atomic mass is 10.2. The standard InChI is InChI=1S/C20H20N4O2.ClH/c1-13-9-14(12-21)10-19(23-13)26-16-6-4-5-15(11-16)20(25)24-18-8-3-2-7-17(18)22;/h2-11H,12,21-22H2,1H3,(H,24,25);1H. The van der Waals surface area contributed by atoms with Gasteiger partial charge >= 0.3 is 0 Å². The van der Waals surface area contributed by atoms with Gasteiger partial charge in [0.15, 0.2) is 0 Å². The molecular weight excluding hydrogens is 364 g/mol. The molecule has 0 aliphatic rings. The van der Waals surface area contributed by atoms with Gasteiger partial charge in [-0.05, 0) is 48.9 Å². The molecule has 3 aromatic rings. The van der Waals surface area contributed by atoms with E-state index in [4.69, 9.17) is 16.2 Å². The quantitative estimate of drug-likeness (QED) is 0.579. The number of nitrogens with two attached hydrogens (primary N) is 2. The number of benzene rings is 2. The van der Waals surface area contributed by atoms with Crippen LogP contribution in [0.15, 0.2) is 60.7 Å². The number of anilines is 2. The van der Waals surface area contributed by atoms with Crippen molar-refractivity contribution in [3.8, 4) is 11.6 Å². The summed E-state index contributed by atoms with van der Waals surface area (Å²) in [5, 5.41) is 2.79. The molecule has 1 aromatic heterocycles. The number of hydrogen-bond acceptors (Lipinski definition) is 5. The summed E-state index contributed by atoms with van der Waals surface area (Å²) in [7, 11) is 0. The van der Waals surface area contributed by atoms with Gasteiger partial charge < -0.3 is 21.5 Å². The van der Waals surface area contributed by atoms with Crippen LogP contribution in [0.5, 0.6) is 11.6 Å². The molecule has 6 nitrogen and oxygen atoms in total. The Morgan fingerprint density at radius 2 is 1.89 bits per heavy atom. The molecule has 0 spiro atoms. The Balaban J connectivity index is 0.00000261. The number of halogens is 1. The molecule has 5 N–H and O–H groups in total. The molecule has 2 aromatic carbocycles. The van der Waals surface area contributed by atoms with Crippen molar-refractivity contribution in [1.82, 2.24) is 4.98 Å². The van der Waals surface area contributed by atoms with Crippen molar-refractivity contribution in [3.05, 3.63) is 77.5 Å². The molecule has 0 radical (unpaired) electrons. The number of aromatic nitrogens is 1. The van der Waals surface area contributed by atoms with E-state index in [0.717, 1.165) is 11.3 Å². The Bertz CT molecular complexity index is 947. The monoisotopic (exact) mass is 384 g/mol. The number of carbonyl (C=O) groups is 1. The maximum Gasteiger partial charge on any atom is 0.255 e. The zero-order chi connectivity index (χ0) is 18.5. The van der Waals surface area contributed by atoms with Gasteiger partial charge in [0.05, 0.1) is 11.4 Å². The van der Waals surface area contributed by atoms with E-state index in [2.05, 4.69) is 10.3 Å². The molecule has 0 saturated carbocycles. The minimum atomic E-state index is -0.270. The van der Waals surface area contributed by atoms with Crippen LogP contribution in [0.2, 0.25) is 0 Å². The molecule has 140 valence electrons. The second-order valence-electron chi connectivity index (χ2n) is 5.83. The summed E-state index contributed by atoms with van der Waals surface area (Å²) in [6.07, 6.45) is 0. The Hall–Kier alpha value is -3.09. The highest BCUT2D eigenvalue weighted by molar-refractivity contribution is 6.05. The minimum absolute atomic E-state index is 0. The van der Waals surface area contributed by atoms with Crippen molar-refractivity contribution in [2.75, 3.05) is 11.1 Å². The molecule has 0 aliphatic carbocycles. The molecule has 0 unspecified atom stereocenters. The average Bonchev–Trinajstić information content (AvgIpc) is 2.63. The highest BCUT2D eigenvalue weighted by Gasteiger charge is 2.10. The van der Waals surface area contributed by atoms with E-state index in [-0.39, 0.29) is 18.3 Å². The first-order valence-electron chi connectivity index (χ1n) is 8.16. The number of nitrogens with one attached hydrogen (secondary N) is 1. The number of carbonyl (C=O) groups excluding carboxylic acids is 1. The van der Waals surface area contributed by atoms with Crippen LogP contribution in [0, 0.1) is 6.92 Å². The van der Waals surface area contributed by atoms with E-state index in [1.54, 1.807) is 42.5 Å². The first-order chi connectivity index (χ1) is 12.5. The molecule has 1 amide bonds. The van der Waals surface area contributed by atoms with Gasteiger partial charge in [0.1, 0.15) is 5.75 Å². The van der Waals surface area contributed by atoms with Gasteiger partial charge in [0.2, 0.25) is 5.88 Å². The topological polar surface area (TPSA) is 103 Å². The fourth-order valence-corrected chi connectivity index (χ4v) is 2.50. The van der Waals surface area contributed by atoms with Crippen LogP contribution in [0.25, 0.3) is 0 Å². The summed E-state index contributed by atoms with van der Waals surface area (Å²) < 4.78 is 5.80. The van der Waals surface area contributed by atoms with Crippen LogP contribution < -0.4 is 21.5 Å². The number of nitrogens with zero attached hydrogens (tertiary/aromatic N) is 1. The van der Waals surface area contributed by atoms with E-state index in [1.807, 2.05) is 25.1 Å². The predicted molar refractivity (Wildman–Crippen MR) is 109 cm³/mol. The second kappa shape index (κ2) is 9.02. The number of ether oxygens (including phenoxy) is 1. The van der Waals surface area contributed by atoms with Gasteiger partial charge in [-0.2, -0.15) is 0 Å². The zero-order valence-corrected chi connectivity index (χ0v) is 15.6. The summed E-state index contributed by atoms with van der Waals surface area (Å²) in [5.41, 5.74) is 14.8. The van der Waals surface area contributed by atoms with Crippen molar-refractivity contribution in [1.29, 1.82) is 0 Å². The van der Waals surface area contributed by atoms with Crippen molar-refractivity contribution >= 4 is 29.7 Å². The third kappa shape index (κ3) is 5.20. The van der Waals surface area contributed by atoms with Crippen LogP contribution in [-0.2, 0) is 6.54 Å². The fraction of sp³-hybridized carbons (Fsp3) is 0.100. The summed E-state index contributed by atoms with van der Waals surface area (Å²) in [5.74, 6) is 0.684. The summed E-state index contributed by atoms with van der Waals surface area (Å²) >= 11 is 0. The van der Waals surface area contributed by atoms with Gasteiger partial charge in [-0.3, -0.25) is 4.79 Å². The molecular formula is C20H21ClN4O2. The Morgan fingerprint density at radius 1 is 1.11 bits per heavy atom. The second-order valence-corrected chi connectivity index (χ2v) is 5.83. The lowest BCUT2D eigenvalue weighted by Gasteiger charge is -2.10. The molecule has 7 heteroatoms. The van der Waals surface area contributed by atoms with Crippen molar-refractivity contribution < 1.29 is 9.53 Å². The first-order valence-corrected chi connectivity index (χ1v) is 8.16. The van der Waals surface area contributed by atoms with Gasteiger partial charge in [-0.1, -0.05) is 18.2 Å². The molecule has 0 fully saturated rings. The number of para-hydroxylation sites is 2. The van der Waals surface area contributed by atoms with Crippen LogP contribution in [0.1, 0.15) is 21.6 Å². The number of aryl methyl sites for hydroxylation is 1. The number of pyridine rings is 1. The van der Waals surface area contributed by atoms with Gasteiger partial charge in [0.25, 0.3) is 5.91 Å². The van der Waals surface area contributed by atoms with E-state index in [1.165, 1.54) is 0 Å². The van der Waals surface area contributed by atoms with E-state index in [0.29, 0.717) is 35.1 Å². The molecule has 0 atom stereocenters.